The maximum Gasteiger partial charge on any atom is 0.235 e. The molecule has 3 N–H and O–H groups in total. The molecule has 1 unspecified atom stereocenters. The third kappa shape index (κ3) is 4.23. The van der Waals surface area contributed by atoms with E-state index in [1.807, 2.05) is 58.3 Å². The summed E-state index contributed by atoms with van der Waals surface area (Å²) in [7, 11) is 1.89. The molecule has 186 valence electrons. The Kier molecular flexibility index (Phi) is 5.50. The molecule has 0 bridgehead atoms. The van der Waals surface area contributed by atoms with E-state index in [9.17, 15) is 4.79 Å². The van der Waals surface area contributed by atoms with E-state index in [0.717, 1.165) is 39.5 Å². The van der Waals surface area contributed by atoms with Gasteiger partial charge >= 0.3 is 0 Å². The molecule has 3 aromatic heterocycles. The quantitative estimate of drug-likeness (QED) is 0.336. The number of carbonyl (C=O) groups excluding carboxylic acids is 1. The van der Waals surface area contributed by atoms with Gasteiger partial charge in [0.25, 0.3) is 0 Å². The van der Waals surface area contributed by atoms with Gasteiger partial charge in [-0.25, -0.2) is 4.98 Å². The van der Waals surface area contributed by atoms with E-state index >= 15 is 0 Å². The van der Waals surface area contributed by atoms with Crippen LogP contribution in [-0.2, 0) is 11.8 Å². The van der Waals surface area contributed by atoms with E-state index in [0.29, 0.717) is 23.5 Å². The third-order valence-corrected chi connectivity index (χ3v) is 7.59. The van der Waals surface area contributed by atoms with Crippen molar-refractivity contribution in [2.45, 2.75) is 52.4 Å². The zero-order chi connectivity index (χ0) is 25.0. The van der Waals surface area contributed by atoms with Crippen molar-refractivity contribution in [3.63, 3.8) is 0 Å². The van der Waals surface area contributed by atoms with Gasteiger partial charge in [0, 0.05) is 30.2 Å². The minimum Gasteiger partial charge on any atom is -0.325 e. The topological polar surface area (TPSA) is 117 Å². The molecule has 3 heterocycles. The highest BCUT2D eigenvalue weighted by Gasteiger charge is 2.49. The number of H-pyrrole nitrogens is 2. The van der Waals surface area contributed by atoms with Crippen LogP contribution in [0.5, 0.6) is 0 Å². The summed E-state index contributed by atoms with van der Waals surface area (Å²) in [4.78, 5) is 18.6. The van der Waals surface area contributed by atoms with Gasteiger partial charge in [0.1, 0.15) is 17.4 Å². The lowest BCUT2D eigenvalue weighted by atomic mass is 9.82. The number of hydrogen-bond donors (Lipinski definition) is 3. The smallest absolute Gasteiger partial charge is 0.235 e. The monoisotopic (exact) mass is 484 g/mol. The number of benzene rings is 1. The fraction of sp³-hybridized carbons (Fsp3) is 0.444. The average molecular weight is 485 g/mol. The summed E-state index contributed by atoms with van der Waals surface area (Å²) in [5.74, 6) is 2.22. The summed E-state index contributed by atoms with van der Waals surface area (Å²) in [5, 5.41) is 22.6. The SMILES string of the molecule is Cc1cn(C)nc1-c1n[nH]c(C(C(=O)Nc2ccc(-c3c(C)n[nH]c3C)cc2)C(C2CC2)C2CC2)n1. The highest BCUT2D eigenvalue weighted by Crippen LogP contribution is 2.54. The van der Waals surface area contributed by atoms with Crippen LogP contribution in [0.15, 0.2) is 30.5 Å². The second kappa shape index (κ2) is 8.72. The molecule has 4 aromatic rings. The molecule has 0 spiro atoms. The second-order valence-corrected chi connectivity index (χ2v) is 10.5. The lowest BCUT2D eigenvalue weighted by molar-refractivity contribution is -0.119. The van der Waals surface area contributed by atoms with Crippen molar-refractivity contribution in [1.82, 2.24) is 35.2 Å². The number of anilines is 1. The average Bonchev–Trinajstić information content (AvgIpc) is 3.76. The Hall–Kier alpha value is -3.75. The molecule has 2 fully saturated rings. The fourth-order valence-electron chi connectivity index (χ4n) is 5.64. The van der Waals surface area contributed by atoms with Crippen molar-refractivity contribution in [2.24, 2.45) is 24.8 Å². The number of nitrogens with zero attached hydrogens (tertiary/aromatic N) is 5. The molecule has 1 amide bonds. The van der Waals surface area contributed by atoms with Crippen molar-refractivity contribution in [2.75, 3.05) is 5.32 Å². The van der Waals surface area contributed by atoms with Crippen molar-refractivity contribution in [3.05, 3.63) is 53.2 Å². The first-order chi connectivity index (χ1) is 17.4. The maximum atomic E-state index is 13.8. The number of aromatic amines is 2. The molecule has 9 nitrogen and oxygen atoms in total. The summed E-state index contributed by atoms with van der Waals surface area (Å²) in [5.41, 5.74) is 6.70. The van der Waals surface area contributed by atoms with Crippen molar-refractivity contribution in [3.8, 4) is 22.6 Å². The molecular formula is C27H32N8O. The van der Waals surface area contributed by atoms with Crippen LogP contribution >= 0.6 is 0 Å². The first-order valence-electron chi connectivity index (χ1n) is 12.7. The Morgan fingerprint density at radius 3 is 2.28 bits per heavy atom. The van der Waals surface area contributed by atoms with Gasteiger partial charge in [-0.2, -0.15) is 15.3 Å². The third-order valence-electron chi connectivity index (χ3n) is 7.59. The molecule has 2 aliphatic rings. The zero-order valence-electron chi connectivity index (χ0n) is 21.2. The van der Waals surface area contributed by atoms with E-state index in [1.165, 1.54) is 25.7 Å². The summed E-state index contributed by atoms with van der Waals surface area (Å²) < 4.78 is 1.76. The molecule has 1 aromatic carbocycles. The molecule has 2 aliphatic carbocycles. The van der Waals surface area contributed by atoms with Gasteiger partial charge in [0.2, 0.25) is 11.7 Å². The predicted octanol–water partition coefficient (Wildman–Crippen LogP) is 4.68. The number of nitrogens with one attached hydrogen (secondary N) is 3. The van der Waals surface area contributed by atoms with Crippen LogP contribution in [0.25, 0.3) is 22.6 Å². The van der Waals surface area contributed by atoms with Crippen LogP contribution in [-0.4, -0.2) is 41.1 Å². The van der Waals surface area contributed by atoms with Gasteiger partial charge in [0.05, 0.1) is 5.69 Å². The van der Waals surface area contributed by atoms with Gasteiger partial charge in [0.15, 0.2) is 0 Å². The normalized spacial score (nSPS) is 16.5. The highest BCUT2D eigenvalue weighted by atomic mass is 16.2. The van der Waals surface area contributed by atoms with E-state index in [4.69, 9.17) is 4.98 Å². The Morgan fingerprint density at radius 1 is 1.03 bits per heavy atom. The van der Waals surface area contributed by atoms with Crippen LogP contribution in [0.2, 0.25) is 0 Å². The molecule has 6 rings (SSSR count). The maximum absolute atomic E-state index is 13.8. The number of carbonyl (C=O) groups is 1. The Morgan fingerprint density at radius 2 is 1.72 bits per heavy atom. The Bertz CT molecular complexity index is 1370. The lowest BCUT2D eigenvalue weighted by Gasteiger charge is -2.24. The molecule has 0 saturated heterocycles. The van der Waals surface area contributed by atoms with Crippen molar-refractivity contribution in [1.29, 1.82) is 0 Å². The van der Waals surface area contributed by atoms with Crippen LogP contribution < -0.4 is 5.32 Å². The fourth-order valence-corrected chi connectivity index (χ4v) is 5.64. The van der Waals surface area contributed by atoms with Gasteiger partial charge in [-0.1, -0.05) is 12.1 Å². The van der Waals surface area contributed by atoms with E-state index in [2.05, 4.69) is 30.8 Å². The van der Waals surface area contributed by atoms with Gasteiger partial charge in [-0.3, -0.25) is 19.7 Å². The summed E-state index contributed by atoms with van der Waals surface area (Å²) >= 11 is 0. The number of hydrogen-bond acceptors (Lipinski definition) is 5. The summed E-state index contributed by atoms with van der Waals surface area (Å²) in [6.07, 6.45) is 6.68. The minimum absolute atomic E-state index is 0.0253. The van der Waals surface area contributed by atoms with Crippen LogP contribution in [0.1, 0.15) is 54.4 Å². The summed E-state index contributed by atoms with van der Waals surface area (Å²) in [6, 6.07) is 7.99. The molecular weight excluding hydrogens is 452 g/mol. The van der Waals surface area contributed by atoms with Crippen LogP contribution in [0.3, 0.4) is 0 Å². The standard InChI is InChI=1S/C27H32N8O/c1-14-13-35(4)34-24(14)26-29-25(32-33-26)23(22(18-5-6-18)19-7-8-19)27(36)28-20-11-9-17(10-12-20)21-15(2)30-31-16(21)3/h9-13,18-19,22-23H,5-8H2,1-4H3,(H,28,36)(H,30,31)(H,29,32,33). The molecule has 1 atom stereocenters. The van der Waals surface area contributed by atoms with Gasteiger partial charge < -0.3 is 5.32 Å². The Labute approximate surface area is 210 Å². The predicted molar refractivity (Wildman–Crippen MR) is 137 cm³/mol. The first kappa shape index (κ1) is 22.7. The zero-order valence-corrected chi connectivity index (χ0v) is 21.2. The summed E-state index contributed by atoms with van der Waals surface area (Å²) in [6.45, 7) is 6.01. The van der Waals surface area contributed by atoms with Crippen LogP contribution in [0, 0.1) is 38.5 Å². The molecule has 9 heteroatoms. The number of amides is 1. The van der Waals surface area contributed by atoms with Crippen molar-refractivity contribution < 1.29 is 4.79 Å². The highest BCUT2D eigenvalue weighted by molar-refractivity contribution is 5.96. The largest absolute Gasteiger partial charge is 0.325 e. The molecule has 0 radical (unpaired) electrons. The molecule has 36 heavy (non-hydrogen) atoms. The van der Waals surface area contributed by atoms with Crippen molar-refractivity contribution >= 4 is 11.6 Å². The van der Waals surface area contributed by atoms with E-state index in [1.54, 1.807) is 4.68 Å². The van der Waals surface area contributed by atoms with E-state index in [-0.39, 0.29) is 17.7 Å². The van der Waals surface area contributed by atoms with E-state index < -0.39 is 0 Å². The molecule has 0 aliphatic heterocycles. The number of aryl methyl sites for hydroxylation is 4. The minimum atomic E-state index is -0.367. The Balaban J connectivity index is 1.29. The van der Waals surface area contributed by atoms with Crippen LogP contribution in [0.4, 0.5) is 5.69 Å². The second-order valence-electron chi connectivity index (χ2n) is 10.5. The van der Waals surface area contributed by atoms with Gasteiger partial charge in [-0.05, 0) is 87.5 Å². The van der Waals surface area contributed by atoms with Gasteiger partial charge in [-0.15, -0.1) is 0 Å². The number of rotatable bonds is 8. The number of aromatic nitrogens is 7. The lowest BCUT2D eigenvalue weighted by Crippen LogP contribution is -2.31. The first-order valence-corrected chi connectivity index (χ1v) is 12.7. The molecule has 2 saturated carbocycles.